The number of aromatic amines is 1. The van der Waals surface area contributed by atoms with Crippen molar-refractivity contribution in [2.24, 2.45) is 0 Å². The third-order valence-electron chi connectivity index (χ3n) is 3.73. The lowest BCUT2D eigenvalue weighted by atomic mass is 10.1. The molecule has 1 atom stereocenters. The third-order valence-corrected chi connectivity index (χ3v) is 3.73. The molecule has 1 aromatic heterocycles. The predicted molar refractivity (Wildman–Crippen MR) is 82.6 cm³/mol. The Labute approximate surface area is 121 Å². The van der Waals surface area contributed by atoms with Gasteiger partial charge < -0.3 is 10.2 Å². The summed E-state index contributed by atoms with van der Waals surface area (Å²) in [5.74, 6) is 0. The van der Waals surface area contributed by atoms with Crippen LogP contribution in [0.15, 0.2) is 30.3 Å². The van der Waals surface area contributed by atoms with E-state index >= 15 is 0 Å². The first-order valence-electron chi connectivity index (χ1n) is 7.02. The maximum atomic E-state index is 4.23. The molecule has 0 aliphatic rings. The molecule has 0 saturated carbocycles. The molecule has 1 aromatic carbocycles. The zero-order valence-corrected chi connectivity index (χ0v) is 12.8. The lowest BCUT2D eigenvalue weighted by Crippen LogP contribution is -2.31. The summed E-state index contributed by atoms with van der Waals surface area (Å²) < 4.78 is 0. The van der Waals surface area contributed by atoms with Gasteiger partial charge in [0.1, 0.15) is 0 Å². The van der Waals surface area contributed by atoms with Gasteiger partial charge >= 0.3 is 0 Å². The first-order chi connectivity index (χ1) is 9.59. The number of hydrogen-bond donors (Lipinski definition) is 2. The van der Waals surface area contributed by atoms with Crippen molar-refractivity contribution in [3.8, 4) is 0 Å². The highest BCUT2D eigenvalue weighted by atomic mass is 15.1. The summed E-state index contributed by atoms with van der Waals surface area (Å²) in [6.07, 6.45) is 0. The summed E-state index contributed by atoms with van der Waals surface area (Å²) in [6.45, 7) is 5.88. The standard InChI is InChI=1S/C16H24N4/c1-12-15(13(2)19-18-12)10-17-11-16(20(3)4)14-8-6-5-7-9-14/h5-9,16-17H,10-11H2,1-4H3,(H,18,19)/t16-/m1/s1. The number of aromatic nitrogens is 2. The summed E-state index contributed by atoms with van der Waals surface area (Å²) in [4.78, 5) is 2.25. The molecule has 2 aromatic rings. The molecule has 2 N–H and O–H groups in total. The average Bonchev–Trinajstić information content (AvgIpc) is 2.75. The Morgan fingerprint density at radius 1 is 1.20 bits per heavy atom. The molecule has 0 amide bonds. The molecule has 0 radical (unpaired) electrons. The molecular formula is C16H24N4. The second-order valence-electron chi connectivity index (χ2n) is 5.43. The first kappa shape index (κ1) is 14.8. The van der Waals surface area contributed by atoms with E-state index in [2.05, 4.69) is 71.8 Å². The average molecular weight is 272 g/mol. The fourth-order valence-electron chi connectivity index (χ4n) is 2.44. The summed E-state index contributed by atoms with van der Waals surface area (Å²) in [7, 11) is 4.24. The highest BCUT2D eigenvalue weighted by molar-refractivity contribution is 5.23. The molecule has 0 unspecified atom stereocenters. The Hall–Kier alpha value is -1.65. The molecule has 0 fully saturated rings. The topological polar surface area (TPSA) is 44.0 Å². The fourth-order valence-corrected chi connectivity index (χ4v) is 2.44. The number of rotatable bonds is 6. The van der Waals surface area contributed by atoms with Crippen LogP contribution in [0.4, 0.5) is 0 Å². The van der Waals surface area contributed by atoms with Gasteiger partial charge in [0.05, 0.1) is 5.69 Å². The van der Waals surface area contributed by atoms with Crippen LogP contribution in [-0.4, -0.2) is 35.7 Å². The molecule has 20 heavy (non-hydrogen) atoms. The number of H-pyrrole nitrogens is 1. The van der Waals surface area contributed by atoms with Crippen molar-refractivity contribution in [3.63, 3.8) is 0 Å². The molecule has 0 bridgehead atoms. The van der Waals surface area contributed by atoms with E-state index < -0.39 is 0 Å². The van der Waals surface area contributed by atoms with Crippen molar-refractivity contribution in [2.45, 2.75) is 26.4 Å². The summed E-state index contributed by atoms with van der Waals surface area (Å²) >= 11 is 0. The summed E-state index contributed by atoms with van der Waals surface area (Å²) in [5, 5.41) is 10.8. The van der Waals surface area contributed by atoms with Gasteiger partial charge in [-0.3, -0.25) is 5.10 Å². The van der Waals surface area contributed by atoms with Gasteiger partial charge in [0.15, 0.2) is 0 Å². The number of likely N-dealkylation sites (N-methyl/N-ethyl adjacent to an activating group) is 1. The van der Waals surface area contributed by atoms with Gasteiger partial charge in [-0.2, -0.15) is 5.10 Å². The largest absolute Gasteiger partial charge is 0.311 e. The quantitative estimate of drug-likeness (QED) is 0.849. The van der Waals surface area contributed by atoms with Gasteiger partial charge in [-0.1, -0.05) is 30.3 Å². The minimum atomic E-state index is 0.378. The lowest BCUT2D eigenvalue weighted by Gasteiger charge is -2.25. The van der Waals surface area contributed by atoms with Crippen molar-refractivity contribution >= 4 is 0 Å². The van der Waals surface area contributed by atoms with Crippen molar-refractivity contribution in [2.75, 3.05) is 20.6 Å². The molecule has 108 valence electrons. The van der Waals surface area contributed by atoms with Crippen LogP contribution < -0.4 is 5.32 Å². The van der Waals surface area contributed by atoms with Crippen LogP contribution in [0.3, 0.4) is 0 Å². The Morgan fingerprint density at radius 3 is 2.45 bits per heavy atom. The Morgan fingerprint density at radius 2 is 1.90 bits per heavy atom. The van der Waals surface area contributed by atoms with Gasteiger partial charge in [-0.15, -0.1) is 0 Å². The zero-order chi connectivity index (χ0) is 14.5. The molecule has 0 aliphatic heterocycles. The lowest BCUT2D eigenvalue weighted by molar-refractivity contribution is 0.288. The van der Waals surface area contributed by atoms with Crippen LogP contribution in [0.25, 0.3) is 0 Å². The minimum absolute atomic E-state index is 0.378. The van der Waals surface area contributed by atoms with E-state index in [9.17, 15) is 0 Å². The van der Waals surface area contributed by atoms with E-state index in [1.807, 2.05) is 6.92 Å². The normalized spacial score (nSPS) is 12.8. The van der Waals surface area contributed by atoms with Crippen molar-refractivity contribution in [3.05, 3.63) is 52.8 Å². The van der Waals surface area contributed by atoms with Crippen LogP contribution in [0.5, 0.6) is 0 Å². The van der Waals surface area contributed by atoms with E-state index in [0.29, 0.717) is 6.04 Å². The van der Waals surface area contributed by atoms with Crippen LogP contribution in [0.2, 0.25) is 0 Å². The van der Waals surface area contributed by atoms with Gasteiger partial charge in [0.2, 0.25) is 0 Å². The van der Waals surface area contributed by atoms with Crippen LogP contribution in [0, 0.1) is 13.8 Å². The number of nitrogens with zero attached hydrogens (tertiary/aromatic N) is 2. The van der Waals surface area contributed by atoms with Gasteiger partial charge in [-0.05, 0) is 33.5 Å². The van der Waals surface area contributed by atoms with E-state index in [0.717, 1.165) is 24.5 Å². The predicted octanol–water partition coefficient (Wildman–Crippen LogP) is 2.42. The fraction of sp³-hybridized carbons (Fsp3) is 0.438. The minimum Gasteiger partial charge on any atom is -0.311 e. The Balaban J connectivity index is 1.97. The van der Waals surface area contributed by atoms with Gasteiger partial charge in [-0.25, -0.2) is 0 Å². The van der Waals surface area contributed by atoms with Crippen LogP contribution in [-0.2, 0) is 6.54 Å². The summed E-state index contributed by atoms with van der Waals surface area (Å²) in [5.41, 5.74) is 4.84. The number of benzene rings is 1. The van der Waals surface area contributed by atoms with E-state index in [-0.39, 0.29) is 0 Å². The molecule has 0 spiro atoms. The maximum Gasteiger partial charge on any atom is 0.0638 e. The molecule has 1 heterocycles. The monoisotopic (exact) mass is 272 g/mol. The number of hydrogen-bond acceptors (Lipinski definition) is 3. The van der Waals surface area contributed by atoms with Gasteiger partial charge in [0.25, 0.3) is 0 Å². The highest BCUT2D eigenvalue weighted by Crippen LogP contribution is 2.17. The van der Waals surface area contributed by atoms with E-state index in [4.69, 9.17) is 0 Å². The second-order valence-corrected chi connectivity index (χ2v) is 5.43. The van der Waals surface area contributed by atoms with Crippen molar-refractivity contribution in [1.29, 1.82) is 0 Å². The zero-order valence-electron chi connectivity index (χ0n) is 12.8. The second kappa shape index (κ2) is 6.68. The molecular weight excluding hydrogens is 248 g/mol. The van der Waals surface area contributed by atoms with Crippen molar-refractivity contribution < 1.29 is 0 Å². The van der Waals surface area contributed by atoms with E-state index in [1.54, 1.807) is 0 Å². The SMILES string of the molecule is Cc1n[nH]c(C)c1CNC[C@H](c1ccccc1)N(C)C. The van der Waals surface area contributed by atoms with Crippen LogP contribution >= 0.6 is 0 Å². The molecule has 4 nitrogen and oxygen atoms in total. The number of nitrogens with one attached hydrogen (secondary N) is 2. The van der Waals surface area contributed by atoms with Gasteiger partial charge in [0, 0.05) is 30.4 Å². The molecule has 4 heteroatoms. The molecule has 2 rings (SSSR count). The highest BCUT2D eigenvalue weighted by Gasteiger charge is 2.14. The molecule has 0 aliphatic carbocycles. The molecule has 0 saturated heterocycles. The maximum absolute atomic E-state index is 4.23. The Kier molecular flexibility index (Phi) is 4.93. The van der Waals surface area contributed by atoms with E-state index in [1.165, 1.54) is 11.1 Å². The van der Waals surface area contributed by atoms with Crippen molar-refractivity contribution in [1.82, 2.24) is 20.4 Å². The number of aryl methyl sites for hydroxylation is 2. The summed E-state index contributed by atoms with van der Waals surface area (Å²) in [6, 6.07) is 11.0. The third kappa shape index (κ3) is 3.46. The van der Waals surface area contributed by atoms with Crippen LogP contribution in [0.1, 0.15) is 28.6 Å². The smallest absolute Gasteiger partial charge is 0.0638 e. The Bertz CT molecular complexity index is 511. The first-order valence-corrected chi connectivity index (χ1v) is 7.02.